The fraction of sp³-hybridized carbons (Fsp3) is 0.448. The van der Waals surface area contributed by atoms with Crippen molar-refractivity contribution in [2.24, 2.45) is 11.1 Å². The summed E-state index contributed by atoms with van der Waals surface area (Å²) in [5.41, 5.74) is 7.77. The summed E-state index contributed by atoms with van der Waals surface area (Å²) in [5, 5.41) is 4.88. The third-order valence-corrected chi connectivity index (χ3v) is 10.0. The Bertz CT molecular complexity index is 1800. The summed E-state index contributed by atoms with van der Waals surface area (Å²) in [5.74, 6) is 0.219. The number of thioether (sulfide) groups is 2. The molecule has 2 aromatic heterocycles. The smallest absolute Gasteiger partial charge is 0.357 e. The molecule has 15 nitrogen and oxygen atoms in total. The molecule has 254 valence electrons. The Kier molecular flexibility index (Phi) is 11.3. The molecule has 5 rings (SSSR count). The summed E-state index contributed by atoms with van der Waals surface area (Å²) in [7, 11) is -2.46. The highest BCUT2D eigenvalue weighted by Gasteiger charge is 2.52. The van der Waals surface area contributed by atoms with Gasteiger partial charge >= 0.3 is 11.9 Å². The quantitative estimate of drug-likeness (QED) is 0.0818. The Morgan fingerprint density at radius 2 is 1.83 bits per heavy atom. The van der Waals surface area contributed by atoms with Crippen LogP contribution in [0.15, 0.2) is 51.5 Å². The van der Waals surface area contributed by atoms with Crippen molar-refractivity contribution in [2.45, 2.75) is 62.6 Å². The zero-order chi connectivity index (χ0) is 34.7. The van der Waals surface area contributed by atoms with Crippen molar-refractivity contribution in [3.63, 3.8) is 0 Å². The summed E-state index contributed by atoms with van der Waals surface area (Å²) >= 11 is 2.92. The Labute approximate surface area is 280 Å². The monoisotopic (exact) mass is 708 g/mol. The lowest BCUT2D eigenvalue weighted by atomic mass is 9.98. The number of nitrogens with two attached hydrogens (primary N) is 1. The maximum Gasteiger partial charge on any atom is 0.357 e. The van der Waals surface area contributed by atoms with Gasteiger partial charge in [0.15, 0.2) is 5.82 Å². The SMILES string of the molecule is COCc1nc2nc(C)cc(SCC3=C(C(=O)OCOC(=O)C(C)(C)C)N4C(=O)C(N)[C@@H]4SC3)n2n1.Cc1ccc(S(=O)(=O)O)cc1. The van der Waals surface area contributed by atoms with Crippen molar-refractivity contribution in [2.75, 3.05) is 25.4 Å². The van der Waals surface area contributed by atoms with Gasteiger partial charge in [0, 0.05) is 24.3 Å². The van der Waals surface area contributed by atoms with E-state index in [1.54, 1.807) is 44.5 Å². The van der Waals surface area contributed by atoms with Crippen LogP contribution in [-0.2, 0) is 45.3 Å². The van der Waals surface area contributed by atoms with Crippen LogP contribution in [0.2, 0.25) is 0 Å². The highest BCUT2D eigenvalue weighted by atomic mass is 32.2. The van der Waals surface area contributed by atoms with Crippen molar-refractivity contribution in [1.82, 2.24) is 24.5 Å². The maximum absolute atomic E-state index is 13.1. The van der Waals surface area contributed by atoms with Gasteiger partial charge in [-0.1, -0.05) is 17.7 Å². The molecular formula is C29H36N6O9S3. The van der Waals surface area contributed by atoms with Crippen LogP contribution in [0, 0.1) is 19.3 Å². The van der Waals surface area contributed by atoms with E-state index in [1.165, 1.54) is 40.6 Å². The van der Waals surface area contributed by atoms with Gasteiger partial charge in [0.25, 0.3) is 15.9 Å². The Hall–Kier alpha value is -3.55. The van der Waals surface area contributed by atoms with Gasteiger partial charge in [-0.2, -0.15) is 17.9 Å². The molecule has 1 amide bonds. The molecule has 1 unspecified atom stereocenters. The fourth-order valence-corrected chi connectivity index (χ4v) is 7.22. The molecule has 0 radical (unpaired) electrons. The molecule has 0 spiro atoms. The molecule has 18 heteroatoms. The Morgan fingerprint density at radius 1 is 1.15 bits per heavy atom. The van der Waals surface area contributed by atoms with Crippen LogP contribution in [0.3, 0.4) is 0 Å². The number of carbonyl (C=O) groups excluding carboxylic acids is 3. The van der Waals surface area contributed by atoms with Crippen molar-refractivity contribution >= 4 is 57.3 Å². The number of esters is 2. The predicted molar refractivity (Wildman–Crippen MR) is 173 cm³/mol. The lowest BCUT2D eigenvalue weighted by molar-refractivity contribution is -0.173. The zero-order valence-corrected chi connectivity index (χ0v) is 29.1. The van der Waals surface area contributed by atoms with Crippen molar-refractivity contribution < 1.29 is 41.6 Å². The van der Waals surface area contributed by atoms with E-state index in [2.05, 4.69) is 15.1 Å². The van der Waals surface area contributed by atoms with E-state index in [4.69, 9.17) is 24.5 Å². The lowest BCUT2D eigenvalue weighted by Gasteiger charge is -2.48. The summed E-state index contributed by atoms with van der Waals surface area (Å²) in [4.78, 5) is 47.7. The third kappa shape index (κ3) is 8.68. The maximum atomic E-state index is 13.1. The molecule has 0 aliphatic carbocycles. The number of methoxy groups -OCH3 is 1. The van der Waals surface area contributed by atoms with Crippen LogP contribution in [0.25, 0.3) is 5.78 Å². The van der Waals surface area contributed by atoms with Gasteiger partial charge in [-0.3, -0.25) is 19.0 Å². The van der Waals surface area contributed by atoms with Crippen LogP contribution in [0.4, 0.5) is 0 Å². The second-order valence-electron chi connectivity index (χ2n) is 11.6. The van der Waals surface area contributed by atoms with Crippen molar-refractivity contribution in [1.29, 1.82) is 0 Å². The highest BCUT2D eigenvalue weighted by Crippen LogP contribution is 2.41. The number of benzene rings is 1. The van der Waals surface area contributed by atoms with E-state index in [-0.39, 0.29) is 28.5 Å². The number of aryl methyl sites for hydroxylation is 2. The number of nitrogens with zero attached hydrogens (tertiary/aromatic N) is 5. The average Bonchev–Trinajstić information content (AvgIpc) is 3.41. The third-order valence-electron chi connectivity index (χ3n) is 6.71. The zero-order valence-electron chi connectivity index (χ0n) is 26.6. The number of hydrogen-bond acceptors (Lipinski definition) is 14. The van der Waals surface area contributed by atoms with Crippen molar-refractivity contribution in [3.8, 4) is 0 Å². The predicted octanol–water partition coefficient (Wildman–Crippen LogP) is 2.50. The van der Waals surface area contributed by atoms with E-state index in [0.717, 1.165) is 16.3 Å². The molecule has 47 heavy (non-hydrogen) atoms. The number of hydrogen-bond donors (Lipinski definition) is 2. The first-order chi connectivity index (χ1) is 22.0. The van der Waals surface area contributed by atoms with Gasteiger partial charge in [0.1, 0.15) is 28.7 Å². The molecule has 1 fully saturated rings. The molecular weight excluding hydrogens is 673 g/mol. The van der Waals surface area contributed by atoms with Crippen molar-refractivity contribution in [3.05, 3.63) is 58.7 Å². The minimum Gasteiger partial charge on any atom is -0.427 e. The largest absolute Gasteiger partial charge is 0.427 e. The van der Waals surface area contributed by atoms with Gasteiger partial charge in [-0.25, -0.2) is 9.78 Å². The number of aromatic nitrogens is 4. The standard InChI is InChI=1S/C22H28N6O6S2.C7H8O3S/c1-11-6-14(28-21(24-11)25-13(26-28)7-32-5)35-8-12-9-36-18-15(23)17(29)27(18)16(12)19(30)33-10-34-20(31)22(2,3)4;1-6-2-4-7(5-3-6)11(8,9)10/h6,15,18H,7-10,23H2,1-5H3;2-5H,1H3,(H,8,9,10)/t15?,18-;/m0./s1. The van der Waals surface area contributed by atoms with E-state index in [0.29, 0.717) is 28.7 Å². The highest BCUT2D eigenvalue weighted by molar-refractivity contribution is 8.01. The summed E-state index contributed by atoms with van der Waals surface area (Å²) in [6.07, 6.45) is 0. The number of fused-ring (bicyclic) bond motifs is 2. The minimum atomic E-state index is -4.02. The van der Waals surface area contributed by atoms with Gasteiger partial charge in [-0.05, 0) is 58.4 Å². The lowest BCUT2D eigenvalue weighted by Crippen LogP contribution is -2.68. The van der Waals surface area contributed by atoms with Gasteiger partial charge in [0.2, 0.25) is 12.7 Å². The molecule has 3 N–H and O–H groups in total. The minimum absolute atomic E-state index is 0.0666. The van der Waals surface area contributed by atoms with Gasteiger partial charge < -0.3 is 19.9 Å². The molecule has 0 bridgehead atoms. The van der Waals surface area contributed by atoms with E-state index in [1.807, 2.05) is 19.9 Å². The van der Waals surface area contributed by atoms with E-state index >= 15 is 0 Å². The van der Waals surface area contributed by atoms with Crippen LogP contribution < -0.4 is 5.73 Å². The second kappa shape index (κ2) is 14.7. The topological polar surface area (TPSA) is 206 Å². The Morgan fingerprint density at radius 3 is 2.45 bits per heavy atom. The van der Waals surface area contributed by atoms with Crippen LogP contribution in [-0.4, -0.2) is 92.1 Å². The van der Waals surface area contributed by atoms with Crippen LogP contribution >= 0.6 is 23.5 Å². The summed E-state index contributed by atoms with van der Waals surface area (Å²) < 4.78 is 46.6. The fourth-order valence-electron chi connectivity index (χ4n) is 4.26. The molecule has 4 heterocycles. The number of β-lactam (4-membered cyclic amide) rings is 1. The molecule has 1 saturated heterocycles. The van der Waals surface area contributed by atoms with E-state index < -0.39 is 40.3 Å². The molecule has 2 atom stereocenters. The first-order valence-corrected chi connectivity index (χ1v) is 17.6. The summed E-state index contributed by atoms with van der Waals surface area (Å²) in [6, 6.07) is 7.18. The number of carbonyl (C=O) groups is 3. The molecule has 3 aromatic rings. The Balaban J connectivity index is 0.000000385. The van der Waals surface area contributed by atoms with Gasteiger partial charge in [0.05, 0.1) is 10.3 Å². The molecule has 2 aliphatic heterocycles. The number of ether oxygens (including phenoxy) is 3. The first kappa shape index (κ1) is 36.3. The first-order valence-electron chi connectivity index (χ1n) is 14.2. The molecule has 0 saturated carbocycles. The number of amides is 1. The summed E-state index contributed by atoms with van der Waals surface area (Å²) in [6.45, 7) is 8.50. The second-order valence-corrected chi connectivity index (χ2v) is 15.1. The normalized spacial score (nSPS) is 17.9. The molecule has 2 aliphatic rings. The van der Waals surface area contributed by atoms with Gasteiger partial charge in [-0.15, -0.1) is 28.6 Å². The van der Waals surface area contributed by atoms with E-state index in [9.17, 15) is 22.8 Å². The van der Waals surface area contributed by atoms with Crippen LogP contribution in [0.5, 0.6) is 0 Å². The average molecular weight is 709 g/mol. The van der Waals surface area contributed by atoms with Crippen LogP contribution in [0.1, 0.15) is 37.9 Å². The molecule has 1 aromatic carbocycles. The number of rotatable bonds is 9.